The standard InChI is InChI=1S/C16H13ClN2O2/c17-14-5-7-15(8-6-14)21-10-9-19-16(20)13-3-1-12(11-18)2-4-13/h1-8H,9-10H2,(H,19,20). The Kier molecular flexibility index (Phi) is 5.19. The molecule has 0 bridgehead atoms. The first-order valence-electron chi connectivity index (χ1n) is 6.36. The first-order chi connectivity index (χ1) is 10.2. The lowest BCUT2D eigenvalue weighted by Crippen LogP contribution is -2.28. The Hall–Kier alpha value is -2.51. The molecule has 0 aromatic heterocycles. The maximum Gasteiger partial charge on any atom is 0.251 e. The second kappa shape index (κ2) is 7.32. The lowest BCUT2D eigenvalue weighted by atomic mass is 10.1. The Morgan fingerprint density at radius 1 is 1.14 bits per heavy atom. The minimum Gasteiger partial charge on any atom is -0.492 e. The van der Waals surface area contributed by atoms with Crippen molar-refractivity contribution >= 4 is 17.5 Å². The smallest absolute Gasteiger partial charge is 0.251 e. The highest BCUT2D eigenvalue weighted by Gasteiger charge is 2.04. The molecular weight excluding hydrogens is 288 g/mol. The van der Waals surface area contributed by atoms with E-state index in [1.807, 2.05) is 6.07 Å². The van der Waals surface area contributed by atoms with E-state index in [9.17, 15) is 4.79 Å². The molecule has 0 heterocycles. The van der Waals surface area contributed by atoms with Gasteiger partial charge >= 0.3 is 0 Å². The van der Waals surface area contributed by atoms with Crippen LogP contribution in [0, 0.1) is 11.3 Å². The van der Waals surface area contributed by atoms with Crippen molar-refractivity contribution in [3.05, 3.63) is 64.7 Å². The summed E-state index contributed by atoms with van der Waals surface area (Å²) in [7, 11) is 0. The minimum absolute atomic E-state index is 0.195. The van der Waals surface area contributed by atoms with Crippen molar-refractivity contribution in [2.24, 2.45) is 0 Å². The van der Waals surface area contributed by atoms with E-state index in [4.69, 9.17) is 21.6 Å². The number of hydrogen-bond donors (Lipinski definition) is 1. The highest BCUT2D eigenvalue weighted by atomic mass is 35.5. The summed E-state index contributed by atoms with van der Waals surface area (Å²) in [6.07, 6.45) is 0. The predicted octanol–water partition coefficient (Wildman–Crippen LogP) is 3.02. The number of nitrogens with zero attached hydrogens (tertiary/aromatic N) is 1. The number of carbonyl (C=O) groups is 1. The molecule has 0 saturated heterocycles. The molecule has 0 spiro atoms. The Labute approximate surface area is 127 Å². The van der Waals surface area contributed by atoms with Crippen molar-refractivity contribution in [2.45, 2.75) is 0 Å². The number of ether oxygens (including phenoxy) is 1. The van der Waals surface area contributed by atoms with Gasteiger partial charge in [0, 0.05) is 10.6 Å². The topological polar surface area (TPSA) is 62.1 Å². The molecule has 2 aromatic rings. The summed E-state index contributed by atoms with van der Waals surface area (Å²) in [5, 5.41) is 12.1. The Balaban J connectivity index is 1.76. The van der Waals surface area contributed by atoms with Crippen molar-refractivity contribution in [1.82, 2.24) is 5.32 Å². The first-order valence-corrected chi connectivity index (χ1v) is 6.73. The van der Waals surface area contributed by atoms with Gasteiger partial charge in [0.15, 0.2) is 0 Å². The Morgan fingerprint density at radius 2 is 1.81 bits per heavy atom. The van der Waals surface area contributed by atoms with Gasteiger partial charge in [0.1, 0.15) is 12.4 Å². The molecule has 5 heteroatoms. The number of carbonyl (C=O) groups excluding carboxylic acids is 1. The summed E-state index contributed by atoms with van der Waals surface area (Å²) >= 11 is 5.77. The van der Waals surface area contributed by atoms with Gasteiger partial charge < -0.3 is 10.1 Å². The summed E-state index contributed by atoms with van der Waals surface area (Å²) in [4.78, 5) is 11.8. The number of nitriles is 1. The molecule has 0 atom stereocenters. The molecule has 1 N–H and O–H groups in total. The highest BCUT2D eigenvalue weighted by molar-refractivity contribution is 6.30. The molecule has 0 aliphatic carbocycles. The van der Waals surface area contributed by atoms with Gasteiger partial charge in [-0.2, -0.15) is 5.26 Å². The third-order valence-electron chi connectivity index (χ3n) is 2.75. The van der Waals surface area contributed by atoms with Crippen LogP contribution in [0.1, 0.15) is 15.9 Å². The molecule has 0 saturated carbocycles. The first kappa shape index (κ1) is 14.9. The van der Waals surface area contributed by atoms with Crippen LogP contribution in [0.4, 0.5) is 0 Å². The van der Waals surface area contributed by atoms with Crippen molar-refractivity contribution < 1.29 is 9.53 Å². The summed E-state index contributed by atoms with van der Waals surface area (Å²) in [6.45, 7) is 0.755. The summed E-state index contributed by atoms with van der Waals surface area (Å²) in [5.74, 6) is 0.506. The second-order valence-electron chi connectivity index (χ2n) is 4.25. The number of halogens is 1. The van der Waals surface area contributed by atoms with Gasteiger partial charge in [0.05, 0.1) is 18.2 Å². The number of nitrogens with one attached hydrogen (secondary N) is 1. The molecule has 0 fully saturated rings. The van der Waals surface area contributed by atoms with Gasteiger partial charge in [0.2, 0.25) is 0 Å². The van der Waals surface area contributed by atoms with Crippen LogP contribution in [0.3, 0.4) is 0 Å². The van der Waals surface area contributed by atoms with E-state index in [0.717, 1.165) is 0 Å². The molecule has 0 radical (unpaired) electrons. The maximum atomic E-state index is 11.8. The fourth-order valence-electron chi connectivity index (χ4n) is 1.66. The van der Waals surface area contributed by atoms with E-state index in [1.54, 1.807) is 48.5 Å². The lowest BCUT2D eigenvalue weighted by molar-refractivity contribution is 0.0947. The van der Waals surface area contributed by atoms with Crippen LogP contribution in [0.2, 0.25) is 5.02 Å². The largest absolute Gasteiger partial charge is 0.492 e. The van der Waals surface area contributed by atoms with E-state index in [0.29, 0.717) is 35.1 Å². The average molecular weight is 301 g/mol. The molecule has 1 amide bonds. The van der Waals surface area contributed by atoms with Gasteiger partial charge in [-0.3, -0.25) is 4.79 Å². The zero-order chi connectivity index (χ0) is 15.1. The van der Waals surface area contributed by atoms with E-state index in [1.165, 1.54) is 0 Å². The molecule has 0 aliphatic heterocycles. The number of benzene rings is 2. The average Bonchev–Trinajstić information content (AvgIpc) is 2.53. The fourth-order valence-corrected chi connectivity index (χ4v) is 1.79. The third-order valence-corrected chi connectivity index (χ3v) is 3.00. The molecule has 0 aliphatic rings. The molecule has 2 aromatic carbocycles. The molecule has 4 nitrogen and oxygen atoms in total. The molecule has 106 valence electrons. The van der Waals surface area contributed by atoms with Crippen molar-refractivity contribution in [2.75, 3.05) is 13.2 Å². The third kappa shape index (κ3) is 4.51. The van der Waals surface area contributed by atoms with Gasteiger partial charge in [0.25, 0.3) is 5.91 Å². The van der Waals surface area contributed by atoms with Crippen LogP contribution in [0.5, 0.6) is 5.75 Å². The van der Waals surface area contributed by atoms with E-state index >= 15 is 0 Å². The number of amides is 1. The van der Waals surface area contributed by atoms with Crippen LogP contribution >= 0.6 is 11.6 Å². The van der Waals surface area contributed by atoms with Crippen LogP contribution in [-0.2, 0) is 0 Å². The fraction of sp³-hybridized carbons (Fsp3) is 0.125. The van der Waals surface area contributed by atoms with Crippen molar-refractivity contribution in [1.29, 1.82) is 5.26 Å². The van der Waals surface area contributed by atoms with Crippen LogP contribution in [0.25, 0.3) is 0 Å². The molecular formula is C16H13ClN2O2. The summed E-state index contributed by atoms with van der Waals surface area (Å²) < 4.78 is 5.47. The Morgan fingerprint density at radius 3 is 2.43 bits per heavy atom. The minimum atomic E-state index is -0.195. The van der Waals surface area contributed by atoms with Gasteiger partial charge in [-0.15, -0.1) is 0 Å². The SMILES string of the molecule is N#Cc1ccc(C(=O)NCCOc2ccc(Cl)cc2)cc1. The normalized spacial score (nSPS) is 9.71. The second-order valence-corrected chi connectivity index (χ2v) is 4.68. The summed E-state index contributed by atoms with van der Waals surface area (Å²) in [6, 6.07) is 15.5. The number of rotatable bonds is 5. The quantitative estimate of drug-likeness (QED) is 0.863. The van der Waals surface area contributed by atoms with Gasteiger partial charge in [-0.25, -0.2) is 0 Å². The molecule has 0 unspecified atom stereocenters. The van der Waals surface area contributed by atoms with Crippen LogP contribution in [-0.4, -0.2) is 19.1 Å². The zero-order valence-electron chi connectivity index (χ0n) is 11.2. The zero-order valence-corrected chi connectivity index (χ0v) is 11.9. The molecule has 2 rings (SSSR count). The van der Waals surface area contributed by atoms with E-state index in [2.05, 4.69) is 5.32 Å². The maximum absolute atomic E-state index is 11.8. The van der Waals surface area contributed by atoms with Crippen molar-refractivity contribution in [3.8, 4) is 11.8 Å². The van der Waals surface area contributed by atoms with E-state index < -0.39 is 0 Å². The number of hydrogen-bond acceptors (Lipinski definition) is 3. The highest BCUT2D eigenvalue weighted by Crippen LogP contribution is 2.15. The van der Waals surface area contributed by atoms with E-state index in [-0.39, 0.29) is 5.91 Å². The monoisotopic (exact) mass is 300 g/mol. The Bertz CT molecular complexity index is 645. The predicted molar refractivity (Wildman–Crippen MR) is 80.4 cm³/mol. The lowest BCUT2D eigenvalue weighted by Gasteiger charge is -2.08. The van der Waals surface area contributed by atoms with Crippen molar-refractivity contribution in [3.63, 3.8) is 0 Å². The summed E-state index contributed by atoms with van der Waals surface area (Å²) in [5.41, 5.74) is 1.04. The van der Waals surface area contributed by atoms with Crippen LogP contribution in [0.15, 0.2) is 48.5 Å². The van der Waals surface area contributed by atoms with Crippen LogP contribution < -0.4 is 10.1 Å². The molecule has 21 heavy (non-hydrogen) atoms. The van der Waals surface area contributed by atoms with Gasteiger partial charge in [-0.05, 0) is 48.5 Å². The van der Waals surface area contributed by atoms with Gasteiger partial charge in [-0.1, -0.05) is 11.6 Å².